The van der Waals surface area contributed by atoms with E-state index in [-0.39, 0.29) is 23.6 Å². The van der Waals surface area contributed by atoms with Crippen molar-refractivity contribution in [3.05, 3.63) is 0 Å². The van der Waals surface area contributed by atoms with Crippen LogP contribution in [-0.4, -0.2) is 50.0 Å². The summed E-state index contributed by atoms with van der Waals surface area (Å²) in [4.78, 5) is 13.5. The van der Waals surface area contributed by atoms with Crippen LogP contribution in [0.1, 0.15) is 25.7 Å². The zero-order valence-electron chi connectivity index (χ0n) is 9.31. The number of nitrogens with one attached hydrogen (secondary N) is 1. The molecule has 0 aliphatic carbocycles. The predicted molar refractivity (Wildman–Crippen MR) is 61.0 cm³/mol. The molecule has 0 spiro atoms. The third kappa shape index (κ3) is 2.87. The van der Waals surface area contributed by atoms with E-state index in [9.17, 15) is 13.2 Å². The molecule has 2 aliphatic rings. The highest BCUT2D eigenvalue weighted by molar-refractivity contribution is 7.91. The van der Waals surface area contributed by atoms with Gasteiger partial charge in [-0.1, -0.05) is 0 Å². The normalized spacial score (nSPS) is 25.6. The Hall–Kier alpha value is -0.780. The van der Waals surface area contributed by atoms with E-state index < -0.39 is 9.84 Å². The van der Waals surface area contributed by atoms with E-state index in [1.165, 1.54) is 0 Å². The molecule has 0 bridgehead atoms. The SMILES string of the molecule is O=C(NC1CCS(=O)(=O)CC1)N1CCCC1. The first-order valence-corrected chi connectivity index (χ1v) is 7.65. The van der Waals surface area contributed by atoms with E-state index >= 15 is 0 Å². The molecule has 0 aromatic heterocycles. The van der Waals surface area contributed by atoms with Gasteiger partial charge in [-0.2, -0.15) is 0 Å². The minimum Gasteiger partial charge on any atom is -0.335 e. The number of amides is 2. The lowest BCUT2D eigenvalue weighted by Crippen LogP contribution is -2.46. The first kappa shape index (κ1) is 11.7. The molecule has 5 nitrogen and oxygen atoms in total. The summed E-state index contributed by atoms with van der Waals surface area (Å²) in [5.74, 6) is 0.413. The van der Waals surface area contributed by atoms with Gasteiger partial charge in [0.2, 0.25) is 0 Å². The van der Waals surface area contributed by atoms with Crippen molar-refractivity contribution in [2.75, 3.05) is 24.6 Å². The van der Waals surface area contributed by atoms with Crippen LogP contribution in [0.5, 0.6) is 0 Å². The third-order valence-corrected chi connectivity index (χ3v) is 4.99. The number of hydrogen-bond donors (Lipinski definition) is 1. The number of carbonyl (C=O) groups is 1. The zero-order chi connectivity index (χ0) is 11.6. The molecule has 0 atom stereocenters. The molecule has 1 N–H and O–H groups in total. The van der Waals surface area contributed by atoms with Crippen LogP contribution in [0.2, 0.25) is 0 Å². The molecule has 2 rings (SSSR count). The van der Waals surface area contributed by atoms with Crippen molar-refractivity contribution in [2.24, 2.45) is 0 Å². The highest BCUT2D eigenvalue weighted by Gasteiger charge is 2.26. The lowest BCUT2D eigenvalue weighted by molar-refractivity contribution is 0.203. The molecule has 2 fully saturated rings. The minimum absolute atomic E-state index is 0.0261. The zero-order valence-corrected chi connectivity index (χ0v) is 10.1. The molecule has 0 unspecified atom stereocenters. The molecule has 16 heavy (non-hydrogen) atoms. The van der Waals surface area contributed by atoms with Crippen molar-refractivity contribution in [1.82, 2.24) is 10.2 Å². The molecule has 2 aliphatic heterocycles. The molecule has 92 valence electrons. The van der Waals surface area contributed by atoms with Gasteiger partial charge >= 0.3 is 6.03 Å². The lowest BCUT2D eigenvalue weighted by atomic mass is 10.2. The van der Waals surface area contributed by atoms with Crippen molar-refractivity contribution < 1.29 is 13.2 Å². The van der Waals surface area contributed by atoms with Gasteiger partial charge in [-0.3, -0.25) is 0 Å². The largest absolute Gasteiger partial charge is 0.335 e. The Bertz CT molecular complexity index is 346. The number of rotatable bonds is 1. The van der Waals surface area contributed by atoms with Gasteiger partial charge < -0.3 is 10.2 Å². The maximum absolute atomic E-state index is 11.7. The Morgan fingerprint density at radius 2 is 1.69 bits per heavy atom. The number of hydrogen-bond acceptors (Lipinski definition) is 3. The van der Waals surface area contributed by atoms with Crippen LogP contribution in [0.3, 0.4) is 0 Å². The average molecular weight is 246 g/mol. The first-order valence-electron chi connectivity index (χ1n) is 5.83. The fourth-order valence-corrected chi connectivity index (χ4v) is 3.71. The van der Waals surface area contributed by atoms with Crippen LogP contribution in [0.4, 0.5) is 4.79 Å². The Morgan fingerprint density at radius 3 is 2.25 bits per heavy atom. The van der Waals surface area contributed by atoms with Crippen molar-refractivity contribution in [3.8, 4) is 0 Å². The molecule has 0 aromatic rings. The Balaban J connectivity index is 1.80. The van der Waals surface area contributed by atoms with Crippen LogP contribution in [0.25, 0.3) is 0 Å². The van der Waals surface area contributed by atoms with Crippen LogP contribution in [0, 0.1) is 0 Å². The second-order valence-corrected chi connectivity index (χ2v) is 6.87. The Kier molecular flexibility index (Phi) is 3.37. The highest BCUT2D eigenvalue weighted by atomic mass is 32.2. The van der Waals surface area contributed by atoms with Crippen LogP contribution in [0.15, 0.2) is 0 Å². The summed E-state index contributed by atoms with van der Waals surface area (Å²) in [7, 11) is -2.84. The number of carbonyl (C=O) groups excluding carboxylic acids is 1. The molecule has 2 amide bonds. The van der Waals surface area contributed by atoms with Crippen molar-refractivity contribution in [1.29, 1.82) is 0 Å². The maximum atomic E-state index is 11.7. The number of nitrogens with zero attached hydrogens (tertiary/aromatic N) is 1. The molecule has 6 heteroatoms. The van der Waals surface area contributed by atoms with Crippen LogP contribution in [-0.2, 0) is 9.84 Å². The number of likely N-dealkylation sites (tertiary alicyclic amines) is 1. The number of sulfone groups is 1. The summed E-state index contributed by atoms with van der Waals surface area (Å²) in [5.41, 5.74) is 0. The second-order valence-electron chi connectivity index (χ2n) is 4.57. The van der Waals surface area contributed by atoms with Gasteiger partial charge in [-0.25, -0.2) is 13.2 Å². The van der Waals surface area contributed by atoms with Gasteiger partial charge in [0.05, 0.1) is 11.5 Å². The molecule has 0 radical (unpaired) electrons. The molecular formula is C10H18N2O3S. The molecule has 0 saturated carbocycles. The summed E-state index contributed by atoms with van der Waals surface area (Å²) in [6, 6.07) is 0.0124. The molecule has 2 saturated heterocycles. The first-order chi connectivity index (χ1) is 7.57. The summed E-state index contributed by atoms with van der Waals surface area (Å²) < 4.78 is 22.4. The monoisotopic (exact) mass is 246 g/mol. The fraction of sp³-hybridized carbons (Fsp3) is 0.900. The van der Waals surface area contributed by atoms with Gasteiger partial charge in [0, 0.05) is 19.1 Å². The topological polar surface area (TPSA) is 66.5 Å². The van der Waals surface area contributed by atoms with Gasteiger partial charge in [-0.05, 0) is 25.7 Å². The molecular weight excluding hydrogens is 228 g/mol. The average Bonchev–Trinajstić information content (AvgIpc) is 2.74. The molecule has 2 heterocycles. The van der Waals surface area contributed by atoms with Crippen molar-refractivity contribution in [2.45, 2.75) is 31.7 Å². The predicted octanol–water partition coefficient (Wildman–Crippen LogP) is 0.369. The highest BCUT2D eigenvalue weighted by Crippen LogP contribution is 2.13. The minimum atomic E-state index is -2.84. The van der Waals surface area contributed by atoms with E-state index in [0.29, 0.717) is 12.8 Å². The number of urea groups is 1. The lowest BCUT2D eigenvalue weighted by Gasteiger charge is -2.25. The van der Waals surface area contributed by atoms with Gasteiger partial charge in [-0.15, -0.1) is 0 Å². The third-order valence-electron chi connectivity index (χ3n) is 3.28. The van der Waals surface area contributed by atoms with E-state index in [1.807, 2.05) is 4.90 Å². The standard InChI is InChI=1S/C10H18N2O3S/c13-10(12-5-1-2-6-12)11-9-3-7-16(14,15)8-4-9/h9H,1-8H2,(H,11,13). The van der Waals surface area contributed by atoms with E-state index in [1.54, 1.807) is 0 Å². The van der Waals surface area contributed by atoms with Crippen LogP contribution < -0.4 is 5.32 Å². The Morgan fingerprint density at radius 1 is 1.12 bits per heavy atom. The summed E-state index contributed by atoms with van der Waals surface area (Å²) in [6.45, 7) is 1.66. The molecule has 0 aromatic carbocycles. The van der Waals surface area contributed by atoms with E-state index in [2.05, 4.69) is 5.32 Å². The van der Waals surface area contributed by atoms with Crippen molar-refractivity contribution in [3.63, 3.8) is 0 Å². The van der Waals surface area contributed by atoms with Crippen LogP contribution >= 0.6 is 0 Å². The van der Waals surface area contributed by atoms with E-state index in [0.717, 1.165) is 25.9 Å². The Labute approximate surface area is 96.1 Å². The van der Waals surface area contributed by atoms with Gasteiger partial charge in [0.25, 0.3) is 0 Å². The summed E-state index contributed by atoms with van der Waals surface area (Å²) in [6.07, 6.45) is 3.27. The van der Waals surface area contributed by atoms with Gasteiger partial charge in [0.15, 0.2) is 0 Å². The van der Waals surface area contributed by atoms with Crippen molar-refractivity contribution >= 4 is 15.9 Å². The fourth-order valence-electron chi connectivity index (χ4n) is 2.22. The second kappa shape index (κ2) is 4.61. The maximum Gasteiger partial charge on any atom is 0.317 e. The van der Waals surface area contributed by atoms with Gasteiger partial charge in [0.1, 0.15) is 9.84 Å². The summed E-state index contributed by atoms with van der Waals surface area (Å²) in [5, 5.41) is 2.92. The summed E-state index contributed by atoms with van der Waals surface area (Å²) >= 11 is 0. The van der Waals surface area contributed by atoms with E-state index in [4.69, 9.17) is 0 Å². The quantitative estimate of drug-likeness (QED) is 0.727. The smallest absolute Gasteiger partial charge is 0.317 e.